The van der Waals surface area contributed by atoms with Crippen LogP contribution < -0.4 is 26.0 Å². The maximum absolute atomic E-state index is 13.3. The Morgan fingerprint density at radius 2 is 1.67 bits per heavy atom. The quantitative estimate of drug-likeness (QED) is 0.142. The molecule has 0 saturated carbocycles. The fourth-order valence-corrected chi connectivity index (χ4v) is 4.63. The number of anilines is 3. The number of carbonyl (C=O) groups is 2. The van der Waals surface area contributed by atoms with Crippen molar-refractivity contribution < 1.29 is 14.3 Å². The van der Waals surface area contributed by atoms with Gasteiger partial charge < -0.3 is 15.4 Å². The third-order valence-electron chi connectivity index (χ3n) is 6.89. The number of aryl methyl sites for hydroxylation is 2. The molecule has 4 amide bonds. The van der Waals surface area contributed by atoms with Crippen LogP contribution in [0.25, 0.3) is 16.5 Å². The number of aromatic nitrogens is 3. The molecule has 10 heteroatoms. The lowest BCUT2D eigenvalue weighted by atomic mass is 10.1. The van der Waals surface area contributed by atoms with Gasteiger partial charge in [-0.1, -0.05) is 55.3 Å². The predicted molar refractivity (Wildman–Crippen MR) is 170 cm³/mol. The van der Waals surface area contributed by atoms with E-state index in [1.54, 1.807) is 24.0 Å². The van der Waals surface area contributed by atoms with Crippen LogP contribution in [-0.2, 0) is 13.0 Å². The number of carbonyl (C=O) groups excluding carboxylic acids is 2. The first kappa shape index (κ1) is 29.1. The van der Waals surface area contributed by atoms with Crippen LogP contribution in [0.2, 0.25) is 0 Å². The van der Waals surface area contributed by atoms with Crippen molar-refractivity contribution in [3.8, 4) is 11.4 Å². The van der Waals surface area contributed by atoms with E-state index in [1.807, 2.05) is 79.7 Å². The van der Waals surface area contributed by atoms with Crippen LogP contribution in [-0.4, -0.2) is 33.9 Å². The molecule has 3 aromatic carbocycles. The van der Waals surface area contributed by atoms with E-state index in [0.29, 0.717) is 23.1 Å². The van der Waals surface area contributed by atoms with Crippen LogP contribution in [0.4, 0.5) is 26.9 Å². The zero-order valence-electron chi connectivity index (χ0n) is 24.5. The first-order valence-corrected chi connectivity index (χ1v) is 14.3. The molecule has 0 radical (unpaired) electrons. The van der Waals surface area contributed by atoms with Crippen LogP contribution in [0.5, 0.6) is 5.75 Å². The fraction of sp³-hybridized carbons (Fsp3) is 0.212. The van der Waals surface area contributed by atoms with Gasteiger partial charge in [-0.25, -0.2) is 19.3 Å². The number of nitrogens with one attached hydrogen (secondary N) is 4. The van der Waals surface area contributed by atoms with E-state index in [9.17, 15) is 9.59 Å². The molecule has 0 spiro atoms. The van der Waals surface area contributed by atoms with E-state index in [4.69, 9.17) is 9.84 Å². The van der Waals surface area contributed by atoms with Gasteiger partial charge in [0.2, 0.25) is 0 Å². The molecule has 0 fully saturated rings. The molecule has 220 valence electrons. The van der Waals surface area contributed by atoms with Gasteiger partial charge in [-0.3, -0.25) is 10.6 Å². The molecule has 0 saturated heterocycles. The summed E-state index contributed by atoms with van der Waals surface area (Å²) in [6.45, 7) is 4.45. The highest BCUT2D eigenvalue weighted by Crippen LogP contribution is 2.32. The van der Waals surface area contributed by atoms with E-state index in [-0.39, 0.29) is 18.7 Å². The average Bonchev–Trinajstić information content (AvgIpc) is 3.42. The van der Waals surface area contributed by atoms with Gasteiger partial charge in [0.05, 0.1) is 17.1 Å². The minimum Gasteiger partial charge on any atom is -0.488 e. The Morgan fingerprint density at radius 1 is 0.884 bits per heavy atom. The molecular weight excluding hydrogens is 542 g/mol. The van der Waals surface area contributed by atoms with Crippen LogP contribution in [0.15, 0.2) is 85.1 Å². The highest BCUT2D eigenvalue weighted by molar-refractivity contribution is 6.07. The summed E-state index contributed by atoms with van der Waals surface area (Å²) < 4.78 is 7.93. The minimum absolute atomic E-state index is 0.269. The SMILES string of the molecule is CCCCc1cc(NC(=O)Nc2ccc(OCc3ccnc(NC(=O)NC)c3)c3ccccc23)n(-c2ccc(C)cc2)n1. The summed E-state index contributed by atoms with van der Waals surface area (Å²) >= 11 is 0. The Labute approximate surface area is 250 Å². The van der Waals surface area contributed by atoms with Gasteiger partial charge >= 0.3 is 12.1 Å². The summed E-state index contributed by atoms with van der Waals surface area (Å²) in [5.74, 6) is 1.69. The van der Waals surface area contributed by atoms with Gasteiger partial charge in [0.15, 0.2) is 0 Å². The lowest BCUT2D eigenvalue weighted by molar-refractivity contribution is 0.253. The van der Waals surface area contributed by atoms with Crippen LogP contribution >= 0.6 is 0 Å². The van der Waals surface area contributed by atoms with Crippen molar-refractivity contribution >= 4 is 40.2 Å². The molecule has 0 bridgehead atoms. The van der Waals surface area contributed by atoms with Crippen molar-refractivity contribution in [2.75, 3.05) is 23.0 Å². The molecule has 0 aliphatic rings. The highest BCUT2D eigenvalue weighted by atomic mass is 16.5. The van der Waals surface area contributed by atoms with Crippen LogP contribution in [0.1, 0.15) is 36.6 Å². The second kappa shape index (κ2) is 13.5. The topological polar surface area (TPSA) is 122 Å². The zero-order chi connectivity index (χ0) is 30.2. The molecule has 2 heterocycles. The number of hydrogen-bond donors (Lipinski definition) is 4. The number of nitrogens with zero attached hydrogens (tertiary/aromatic N) is 3. The smallest absolute Gasteiger partial charge is 0.324 e. The van der Waals surface area contributed by atoms with E-state index < -0.39 is 0 Å². The fourth-order valence-electron chi connectivity index (χ4n) is 4.63. The van der Waals surface area contributed by atoms with E-state index >= 15 is 0 Å². The summed E-state index contributed by atoms with van der Waals surface area (Å²) in [5.41, 5.74) is 4.44. The number of benzene rings is 3. The monoisotopic (exact) mass is 577 g/mol. The molecular formula is C33H35N7O3. The number of amides is 4. The number of rotatable bonds is 10. The van der Waals surface area contributed by atoms with E-state index in [1.165, 1.54) is 0 Å². The van der Waals surface area contributed by atoms with Gasteiger partial charge in [0.25, 0.3) is 0 Å². The number of fused-ring (bicyclic) bond motifs is 1. The Hall–Kier alpha value is -5.38. The molecule has 0 unspecified atom stereocenters. The summed E-state index contributed by atoms with van der Waals surface area (Å²) in [4.78, 5) is 29.1. The Morgan fingerprint density at radius 3 is 2.44 bits per heavy atom. The van der Waals surface area contributed by atoms with Crippen LogP contribution in [0, 0.1) is 6.92 Å². The van der Waals surface area contributed by atoms with Crippen molar-refractivity contribution in [1.82, 2.24) is 20.1 Å². The van der Waals surface area contributed by atoms with Crippen molar-refractivity contribution in [3.05, 3.63) is 102 Å². The number of unbranched alkanes of at least 4 members (excludes halogenated alkanes) is 1. The first-order valence-electron chi connectivity index (χ1n) is 14.3. The molecule has 0 atom stereocenters. The van der Waals surface area contributed by atoms with Crippen molar-refractivity contribution in [3.63, 3.8) is 0 Å². The minimum atomic E-state index is -0.373. The summed E-state index contributed by atoms with van der Waals surface area (Å²) in [7, 11) is 1.54. The third kappa shape index (κ3) is 7.28. The normalized spacial score (nSPS) is 10.8. The summed E-state index contributed by atoms with van der Waals surface area (Å²) in [6.07, 6.45) is 4.53. The number of ether oxygens (including phenoxy) is 1. The molecule has 0 aliphatic carbocycles. The van der Waals surface area contributed by atoms with Gasteiger partial charge in [-0.05, 0) is 61.7 Å². The Kier molecular flexibility index (Phi) is 9.16. The molecule has 43 heavy (non-hydrogen) atoms. The predicted octanol–water partition coefficient (Wildman–Crippen LogP) is 7.05. The van der Waals surface area contributed by atoms with Crippen molar-refractivity contribution in [1.29, 1.82) is 0 Å². The first-order chi connectivity index (χ1) is 20.9. The van der Waals surface area contributed by atoms with Crippen molar-refractivity contribution in [2.24, 2.45) is 0 Å². The summed E-state index contributed by atoms with van der Waals surface area (Å²) in [6, 6.07) is 24.2. The maximum atomic E-state index is 13.3. The number of pyridine rings is 1. The lowest BCUT2D eigenvalue weighted by Crippen LogP contribution is -2.25. The standard InChI is InChI=1S/C33H35N7O3/c1-4-5-8-24-20-31(40(39-24)25-13-11-22(2)12-14-25)38-33(42)36-28-15-16-29(27-10-7-6-9-26(27)28)43-21-23-17-18-35-30(19-23)37-32(41)34-3/h6-7,9-20H,4-5,8,21H2,1-3H3,(H2,36,38,42)(H2,34,35,37,41). The van der Waals surface area contributed by atoms with E-state index in [0.717, 1.165) is 52.5 Å². The molecule has 10 nitrogen and oxygen atoms in total. The lowest BCUT2D eigenvalue weighted by Gasteiger charge is -2.15. The van der Waals surface area contributed by atoms with Crippen LogP contribution in [0.3, 0.4) is 0 Å². The Bertz CT molecular complexity index is 1730. The van der Waals surface area contributed by atoms with Crippen molar-refractivity contribution in [2.45, 2.75) is 39.7 Å². The van der Waals surface area contributed by atoms with Gasteiger partial charge in [-0.15, -0.1) is 0 Å². The largest absolute Gasteiger partial charge is 0.488 e. The second-order valence-electron chi connectivity index (χ2n) is 10.1. The molecule has 4 N–H and O–H groups in total. The molecule has 5 aromatic rings. The zero-order valence-corrected chi connectivity index (χ0v) is 24.5. The van der Waals surface area contributed by atoms with Gasteiger partial charge in [0, 0.05) is 30.1 Å². The Balaban J connectivity index is 1.33. The molecule has 2 aromatic heterocycles. The maximum Gasteiger partial charge on any atom is 0.324 e. The number of urea groups is 2. The van der Waals surface area contributed by atoms with E-state index in [2.05, 4.69) is 33.2 Å². The average molecular weight is 578 g/mol. The highest BCUT2D eigenvalue weighted by Gasteiger charge is 2.15. The second-order valence-corrected chi connectivity index (χ2v) is 10.1. The number of hydrogen-bond acceptors (Lipinski definition) is 5. The molecule has 5 rings (SSSR count). The summed E-state index contributed by atoms with van der Waals surface area (Å²) in [5, 5.41) is 17.6. The van der Waals surface area contributed by atoms with Gasteiger partial charge in [-0.2, -0.15) is 5.10 Å². The molecule has 0 aliphatic heterocycles. The third-order valence-corrected chi connectivity index (χ3v) is 6.89. The van der Waals surface area contributed by atoms with Gasteiger partial charge in [0.1, 0.15) is 24.0 Å².